The Morgan fingerprint density at radius 3 is 2.62 bits per heavy atom. The lowest BCUT2D eigenvalue weighted by molar-refractivity contribution is -0.123. The zero-order valence-electron chi connectivity index (χ0n) is 15.5. The number of benzene rings is 2. The summed E-state index contributed by atoms with van der Waals surface area (Å²) in [6.45, 7) is 0.266. The van der Waals surface area contributed by atoms with E-state index < -0.39 is 0 Å². The Hall–Kier alpha value is -3.93. The lowest BCUT2D eigenvalue weighted by atomic mass is 10.1. The highest BCUT2D eigenvalue weighted by molar-refractivity contribution is 5.83. The quantitative estimate of drug-likeness (QED) is 0.548. The molecule has 4 rings (SSSR count). The van der Waals surface area contributed by atoms with Crippen LogP contribution in [0.5, 0.6) is 5.75 Å². The summed E-state index contributed by atoms with van der Waals surface area (Å²) in [5.41, 5.74) is 2.55. The van der Waals surface area contributed by atoms with E-state index in [-0.39, 0.29) is 17.9 Å². The van der Waals surface area contributed by atoms with Gasteiger partial charge in [-0.1, -0.05) is 30.3 Å². The molecule has 0 aliphatic heterocycles. The second kappa shape index (κ2) is 8.39. The summed E-state index contributed by atoms with van der Waals surface area (Å²) >= 11 is 0. The van der Waals surface area contributed by atoms with Crippen LogP contribution in [0.15, 0.2) is 88.5 Å². The smallest absolute Gasteiger partial charge is 0.258 e. The molecule has 0 aliphatic rings. The zero-order valence-corrected chi connectivity index (χ0v) is 15.5. The van der Waals surface area contributed by atoms with Crippen molar-refractivity contribution in [2.75, 3.05) is 6.61 Å². The molecule has 6 nitrogen and oxygen atoms in total. The van der Waals surface area contributed by atoms with Crippen molar-refractivity contribution in [1.29, 1.82) is 0 Å². The Balaban J connectivity index is 1.44. The summed E-state index contributed by atoms with van der Waals surface area (Å²) < 4.78 is 11.2. The second-order valence-electron chi connectivity index (χ2n) is 6.42. The largest absolute Gasteiger partial charge is 0.484 e. The van der Waals surface area contributed by atoms with Crippen molar-refractivity contribution in [3.63, 3.8) is 0 Å². The summed E-state index contributed by atoms with van der Waals surface area (Å²) in [6, 6.07) is 17.9. The van der Waals surface area contributed by atoms with E-state index in [1.54, 1.807) is 30.6 Å². The highest BCUT2D eigenvalue weighted by Gasteiger charge is 2.10. The topological polar surface area (TPSA) is 81.4 Å². The molecule has 29 heavy (non-hydrogen) atoms. The van der Waals surface area contributed by atoms with Crippen LogP contribution in [0.2, 0.25) is 0 Å². The van der Waals surface area contributed by atoms with Gasteiger partial charge in [0, 0.05) is 25.0 Å². The minimum Gasteiger partial charge on any atom is -0.484 e. The standard InChI is InChI=1S/C23H18N2O4/c26-22(25-13-16-8-10-24-11-9-16)15-28-18-6-7-19-21(12-18)29-14-20(23(19)27)17-4-2-1-3-5-17/h1-12,14H,13,15H2,(H,25,26). The first-order valence-corrected chi connectivity index (χ1v) is 9.10. The highest BCUT2D eigenvalue weighted by Crippen LogP contribution is 2.23. The Labute approximate surface area is 166 Å². The third kappa shape index (κ3) is 4.32. The van der Waals surface area contributed by atoms with Crippen LogP contribution in [0.3, 0.4) is 0 Å². The molecule has 0 atom stereocenters. The number of nitrogens with zero attached hydrogens (tertiary/aromatic N) is 1. The monoisotopic (exact) mass is 386 g/mol. The van der Waals surface area contributed by atoms with Gasteiger partial charge in [-0.25, -0.2) is 0 Å². The minimum absolute atomic E-state index is 0.112. The average Bonchev–Trinajstić information content (AvgIpc) is 2.78. The first-order valence-electron chi connectivity index (χ1n) is 9.10. The number of fused-ring (bicyclic) bond motifs is 1. The molecule has 0 spiro atoms. The van der Waals surface area contributed by atoms with Crippen LogP contribution in [0.1, 0.15) is 5.56 Å². The molecule has 1 amide bonds. The van der Waals surface area contributed by atoms with Gasteiger partial charge in [-0.2, -0.15) is 0 Å². The molecule has 2 aromatic heterocycles. The summed E-state index contributed by atoms with van der Waals surface area (Å²) in [6.07, 6.45) is 4.79. The molecule has 0 fully saturated rings. The summed E-state index contributed by atoms with van der Waals surface area (Å²) in [7, 11) is 0. The van der Waals surface area contributed by atoms with E-state index in [2.05, 4.69) is 10.3 Å². The van der Waals surface area contributed by atoms with Crippen LogP contribution in [0, 0.1) is 0 Å². The van der Waals surface area contributed by atoms with Crippen LogP contribution in [0.4, 0.5) is 0 Å². The van der Waals surface area contributed by atoms with Gasteiger partial charge < -0.3 is 14.5 Å². The van der Waals surface area contributed by atoms with Crippen LogP contribution in [-0.2, 0) is 11.3 Å². The number of carbonyl (C=O) groups is 1. The second-order valence-corrected chi connectivity index (χ2v) is 6.42. The fourth-order valence-corrected chi connectivity index (χ4v) is 2.92. The van der Waals surface area contributed by atoms with E-state index in [1.165, 1.54) is 6.26 Å². The normalized spacial score (nSPS) is 10.6. The number of amides is 1. The maximum absolute atomic E-state index is 12.8. The highest BCUT2D eigenvalue weighted by atomic mass is 16.5. The van der Waals surface area contributed by atoms with Gasteiger partial charge in [0.2, 0.25) is 0 Å². The SMILES string of the molecule is O=C(COc1ccc2c(=O)c(-c3ccccc3)coc2c1)NCc1ccncc1. The number of hydrogen-bond acceptors (Lipinski definition) is 5. The lowest BCUT2D eigenvalue weighted by Crippen LogP contribution is -2.28. The van der Waals surface area contributed by atoms with Crippen molar-refractivity contribution in [1.82, 2.24) is 10.3 Å². The van der Waals surface area contributed by atoms with Crippen molar-refractivity contribution in [2.45, 2.75) is 6.54 Å². The first kappa shape index (κ1) is 18.4. The number of nitrogens with one attached hydrogen (secondary N) is 1. The van der Waals surface area contributed by atoms with Crippen LogP contribution >= 0.6 is 0 Å². The predicted molar refractivity (Wildman–Crippen MR) is 109 cm³/mol. The van der Waals surface area contributed by atoms with E-state index >= 15 is 0 Å². The molecule has 144 valence electrons. The number of pyridine rings is 1. The van der Waals surface area contributed by atoms with Gasteiger partial charge in [-0.3, -0.25) is 14.6 Å². The molecule has 0 bridgehead atoms. The summed E-state index contributed by atoms with van der Waals surface area (Å²) in [5.74, 6) is 0.204. The average molecular weight is 386 g/mol. The maximum Gasteiger partial charge on any atom is 0.258 e. The molecule has 0 aliphatic carbocycles. The predicted octanol–water partition coefficient (Wildman–Crippen LogP) is 3.55. The van der Waals surface area contributed by atoms with Gasteiger partial charge in [0.15, 0.2) is 12.0 Å². The number of carbonyl (C=O) groups excluding carboxylic acids is 1. The molecule has 4 aromatic rings. The molecule has 0 unspecified atom stereocenters. The van der Waals surface area contributed by atoms with Crippen molar-refractivity contribution < 1.29 is 13.9 Å². The molecule has 2 aromatic carbocycles. The Bertz CT molecular complexity index is 1190. The van der Waals surface area contributed by atoms with Gasteiger partial charge >= 0.3 is 0 Å². The van der Waals surface area contributed by atoms with Crippen molar-refractivity contribution >= 4 is 16.9 Å². The molecule has 6 heteroatoms. The zero-order chi connectivity index (χ0) is 20.1. The third-order valence-electron chi connectivity index (χ3n) is 4.44. The van der Waals surface area contributed by atoms with Crippen LogP contribution in [-0.4, -0.2) is 17.5 Å². The molecule has 1 N–H and O–H groups in total. The number of hydrogen-bond donors (Lipinski definition) is 1. The van der Waals surface area contributed by atoms with Gasteiger partial charge in [0.1, 0.15) is 17.6 Å². The van der Waals surface area contributed by atoms with Gasteiger partial charge in [0.05, 0.1) is 10.9 Å². The first-order chi connectivity index (χ1) is 14.2. The van der Waals surface area contributed by atoms with Crippen LogP contribution in [0.25, 0.3) is 22.1 Å². The number of rotatable bonds is 6. The van der Waals surface area contributed by atoms with E-state index in [0.29, 0.717) is 28.8 Å². The van der Waals surface area contributed by atoms with E-state index in [4.69, 9.17) is 9.15 Å². The molecule has 0 radical (unpaired) electrons. The van der Waals surface area contributed by atoms with Crippen molar-refractivity contribution in [3.8, 4) is 16.9 Å². The van der Waals surface area contributed by atoms with E-state index in [9.17, 15) is 9.59 Å². The summed E-state index contributed by atoms with van der Waals surface area (Å²) in [5, 5.41) is 3.24. The third-order valence-corrected chi connectivity index (χ3v) is 4.44. The molecular formula is C23H18N2O4. The van der Waals surface area contributed by atoms with Gasteiger partial charge in [-0.05, 0) is 35.4 Å². The van der Waals surface area contributed by atoms with E-state index in [1.807, 2.05) is 42.5 Å². The van der Waals surface area contributed by atoms with E-state index in [0.717, 1.165) is 11.1 Å². The van der Waals surface area contributed by atoms with Crippen molar-refractivity contribution in [2.24, 2.45) is 0 Å². The fourth-order valence-electron chi connectivity index (χ4n) is 2.92. The Morgan fingerprint density at radius 2 is 1.83 bits per heavy atom. The molecule has 0 saturated carbocycles. The minimum atomic E-state index is -0.247. The summed E-state index contributed by atoms with van der Waals surface area (Å²) in [4.78, 5) is 28.7. The van der Waals surface area contributed by atoms with Gasteiger partial charge in [-0.15, -0.1) is 0 Å². The number of ether oxygens (including phenoxy) is 1. The van der Waals surface area contributed by atoms with Crippen molar-refractivity contribution in [3.05, 3.63) is 95.1 Å². The Kier molecular flexibility index (Phi) is 5.33. The molecule has 0 saturated heterocycles. The number of aromatic nitrogens is 1. The molecule has 2 heterocycles. The van der Waals surface area contributed by atoms with Crippen LogP contribution < -0.4 is 15.5 Å². The maximum atomic E-state index is 12.8. The Morgan fingerprint density at radius 1 is 1.03 bits per heavy atom. The molecular weight excluding hydrogens is 368 g/mol. The lowest BCUT2D eigenvalue weighted by Gasteiger charge is -2.08. The van der Waals surface area contributed by atoms with Gasteiger partial charge in [0.25, 0.3) is 5.91 Å². The fraction of sp³-hybridized carbons (Fsp3) is 0.0870.